The predicted molar refractivity (Wildman–Crippen MR) is 102 cm³/mol. The molecule has 0 aliphatic rings. The van der Waals surface area contributed by atoms with E-state index in [1.54, 1.807) is 13.0 Å². The van der Waals surface area contributed by atoms with E-state index >= 15 is 0 Å². The summed E-state index contributed by atoms with van der Waals surface area (Å²) in [6, 6.07) is 3.78. The summed E-state index contributed by atoms with van der Waals surface area (Å²) in [5.41, 5.74) is -0.0121. The van der Waals surface area contributed by atoms with E-state index in [0.29, 0.717) is 12.2 Å². The number of halogens is 2. The van der Waals surface area contributed by atoms with Gasteiger partial charge in [-0.05, 0) is 18.6 Å². The van der Waals surface area contributed by atoms with Crippen LogP contribution in [0.4, 0.5) is 0 Å². The number of thioether (sulfide) groups is 1. The van der Waals surface area contributed by atoms with Gasteiger partial charge in [-0.15, -0.1) is 0 Å². The number of benzene rings is 1. The summed E-state index contributed by atoms with van der Waals surface area (Å²) in [6.07, 6.45) is 0.456. The number of rotatable bonds is 9. The Balaban J connectivity index is 2.55. The highest BCUT2D eigenvalue weighted by Gasteiger charge is 2.22. The second-order valence-corrected chi connectivity index (χ2v) is 7.34. The number of hydrogen-bond donors (Lipinski definition) is 1. The Morgan fingerprint density at radius 1 is 1.19 bits per heavy atom. The van der Waals surface area contributed by atoms with Gasteiger partial charge in [-0.25, -0.2) is 4.79 Å². The highest BCUT2D eigenvalue weighted by molar-refractivity contribution is 8.13. The second kappa shape index (κ2) is 11.2. The van der Waals surface area contributed by atoms with Gasteiger partial charge in [0.15, 0.2) is 17.5 Å². The highest BCUT2D eigenvalue weighted by atomic mass is 35.5. The van der Waals surface area contributed by atoms with Crippen LogP contribution in [0.2, 0.25) is 10.0 Å². The lowest BCUT2D eigenvalue weighted by atomic mass is 10.1. The molecule has 9 heteroatoms. The molecule has 0 saturated carbocycles. The summed E-state index contributed by atoms with van der Waals surface area (Å²) in [7, 11) is 0. The minimum atomic E-state index is -0.812. The van der Waals surface area contributed by atoms with Gasteiger partial charge in [-0.3, -0.25) is 14.4 Å². The van der Waals surface area contributed by atoms with E-state index in [2.05, 4.69) is 5.32 Å². The van der Waals surface area contributed by atoms with Crippen molar-refractivity contribution in [3.63, 3.8) is 0 Å². The molecule has 0 aromatic heterocycles. The van der Waals surface area contributed by atoms with Crippen LogP contribution in [0.15, 0.2) is 18.2 Å². The summed E-state index contributed by atoms with van der Waals surface area (Å²) in [5, 5.41) is 2.74. The Bertz CT molecular complexity index is 675. The smallest absolute Gasteiger partial charge is 0.341 e. The highest BCUT2D eigenvalue weighted by Crippen LogP contribution is 2.24. The topological polar surface area (TPSA) is 89.5 Å². The van der Waals surface area contributed by atoms with Gasteiger partial charge in [0.05, 0.1) is 21.7 Å². The molecule has 1 amide bonds. The Morgan fingerprint density at radius 2 is 1.81 bits per heavy atom. The average Bonchev–Trinajstić information content (AvgIpc) is 2.57. The summed E-state index contributed by atoms with van der Waals surface area (Å²) in [5.74, 6) is -1.27. The van der Waals surface area contributed by atoms with E-state index < -0.39 is 24.4 Å². The monoisotopic (exact) mass is 419 g/mol. The van der Waals surface area contributed by atoms with Gasteiger partial charge >= 0.3 is 5.97 Å². The fourth-order valence-corrected chi connectivity index (χ4v) is 3.09. The van der Waals surface area contributed by atoms with Gasteiger partial charge in [0.25, 0.3) is 0 Å². The van der Waals surface area contributed by atoms with Gasteiger partial charge in [0.1, 0.15) is 0 Å². The van der Waals surface area contributed by atoms with Crippen LogP contribution in [0, 0.1) is 0 Å². The summed E-state index contributed by atoms with van der Waals surface area (Å²) < 4.78 is 4.97. The molecule has 0 unspecified atom stereocenters. The number of amides is 1. The van der Waals surface area contributed by atoms with E-state index in [9.17, 15) is 19.2 Å². The van der Waals surface area contributed by atoms with Crippen molar-refractivity contribution in [3.8, 4) is 0 Å². The molecule has 1 aromatic rings. The Labute approximate surface area is 165 Å². The normalized spacial score (nSPS) is 11.5. The van der Waals surface area contributed by atoms with Crippen molar-refractivity contribution >= 4 is 57.7 Å². The zero-order chi connectivity index (χ0) is 19.7. The lowest BCUT2D eigenvalue weighted by Crippen LogP contribution is -2.42. The molecule has 1 rings (SSSR count). The molecule has 1 N–H and O–H groups in total. The number of Topliss-reactive ketones (excluding diaryl/α,β-unsaturated/α-hetero) is 1. The first-order valence-corrected chi connectivity index (χ1v) is 9.57. The molecule has 142 valence electrons. The first-order chi connectivity index (χ1) is 12.3. The number of hydrogen-bond acceptors (Lipinski definition) is 6. The third kappa shape index (κ3) is 7.35. The summed E-state index contributed by atoms with van der Waals surface area (Å²) in [6.45, 7) is 2.63. The van der Waals surface area contributed by atoms with Gasteiger partial charge < -0.3 is 10.1 Å². The second-order valence-electron chi connectivity index (χ2n) is 5.26. The van der Waals surface area contributed by atoms with Crippen molar-refractivity contribution in [1.82, 2.24) is 5.32 Å². The molecule has 6 nitrogen and oxygen atoms in total. The molecule has 0 bridgehead atoms. The van der Waals surface area contributed by atoms with Crippen LogP contribution in [-0.2, 0) is 19.1 Å². The van der Waals surface area contributed by atoms with Crippen LogP contribution in [0.25, 0.3) is 0 Å². The van der Waals surface area contributed by atoms with E-state index in [0.717, 1.165) is 11.8 Å². The molecule has 1 atom stereocenters. The number of carbonyl (C=O) groups excluding carboxylic acids is 4. The van der Waals surface area contributed by atoms with Crippen molar-refractivity contribution in [2.45, 2.75) is 32.7 Å². The number of ether oxygens (including phenoxy) is 1. The molecule has 0 saturated heterocycles. The van der Waals surface area contributed by atoms with Crippen LogP contribution in [0.3, 0.4) is 0 Å². The quantitative estimate of drug-likeness (QED) is 0.617. The number of nitrogens with one attached hydrogen (secondary N) is 1. The average molecular weight is 420 g/mol. The molecular formula is C17H19Cl2NO5S. The minimum absolute atomic E-state index is 0.0121. The molecule has 1 aromatic carbocycles. The fourth-order valence-electron chi connectivity index (χ4n) is 1.97. The van der Waals surface area contributed by atoms with Gasteiger partial charge in [0, 0.05) is 19.1 Å². The maximum absolute atomic E-state index is 12.2. The Kier molecular flexibility index (Phi) is 9.69. The molecule has 0 aliphatic heterocycles. The predicted octanol–water partition coefficient (Wildman–Crippen LogP) is 3.28. The van der Waals surface area contributed by atoms with Crippen LogP contribution < -0.4 is 5.32 Å². The summed E-state index contributed by atoms with van der Waals surface area (Å²) in [4.78, 5) is 46.9. The Morgan fingerprint density at radius 3 is 2.35 bits per heavy atom. The van der Waals surface area contributed by atoms with Crippen LogP contribution >= 0.6 is 35.0 Å². The van der Waals surface area contributed by atoms with Gasteiger partial charge in [-0.2, -0.15) is 0 Å². The molecule has 26 heavy (non-hydrogen) atoms. The van der Waals surface area contributed by atoms with E-state index in [4.69, 9.17) is 27.9 Å². The molecular weight excluding hydrogens is 401 g/mol. The number of esters is 1. The maximum Gasteiger partial charge on any atom is 0.341 e. The van der Waals surface area contributed by atoms with Crippen LogP contribution in [0.1, 0.15) is 37.0 Å². The SMILES string of the molecule is CC[C@H](NC(=O)CCSC(C)=O)C(=O)COC(=O)c1c(Cl)cccc1Cl. The first kappa shape index (κ1) is 22.5. The largest absolute Gasteiger partial charge is 0.454 e. The summed E-state index contributed by atoms with van der Waals surface area (Å²) >= 11 is 12.9. The van der Waals surface area contributed by atoms with Crippen LogP contribution in [0.5, 0.6) is 0 Å². The van der Waals surface area contributed by atoms with Crippen molar-refractivity contribution in [2.24, 2.45) is 0 Å². The number of ketones is 1. The lowest BCUT2D eigenvalue weighted by molar-refractivity contribution is -0.129. The van der Waals surface area contributed by atoms with Gasteiger partial charge in [-0.1, -0.05) is 48.0 Å². The minimum Gasteiger partial charge on any atom is -0.454 e. The third-order valence-electron chi connectivity index (χ3n) is 3.28. The van der Waals surface area contributed by atoms with Crippen molar-refractivity contribution in [2.75, 3.05) is 12.4 Å². The van der Waals surface area contributed by atoms with E-state index in [-0.39, 0.29) is 33.1 Å². The maximum atomic E-state index is 12.2. The van der Waals surface area contributed by atoms with Crippen molar-refractivity contribution < 1.29 is 23.9 Å². The fraction of sp³-hybridized carbons (Fsp3) is 0.412. The zero-order valence-electron chi connectivity index (χ0n) is 14.3. The van der Waals surface area contributed by atoms with E-state index in [1.807, 2.05) is 0 Å². The van der Waals surface area contributed by atoms with E-state index in [1.165, 1.54) is 19.1 Å². The van der Waals surface area contributed by atoms with Gasteiger partial charge in [0.2, 0.25) is 5.91 Å². The third-order valence-corrected chi connectivity index (χ3v) is 4.72. The standard InChI is InChI=1S/C17H19Cl2NO5S/c1-3-13(20-15(23)7-8-26-10(2)21)14(22)9-25-17(24)16-11(18)5-4-6-12(16)19/h4-6,13H,3,7-9H2,1-2H3,(H,20,23)/t13-/m0/s1. The van der Waals surface area contributed by atoms with Crippen molar-refractivity contribution in [3.05, 3.63) is 33.8 Å². The number of carbonyl (C=O) groups is 4. The Hall–Kier alpha value is -1.57. The first-order valence-electron chi connectivity index (χ1n) is 7.82. The molecule has 0 aliphatic carbocycles. The lowest BCUT2D eigenvalue weighted by Gasteiger charge is -2.16. The molecule has 0 heterocycles. The van der Waals surface area contributed by atoms with Crippen LogP contribution in [-0.4, -0.2) is 41.2 Å². The van der Waals surface area contributed by atoms with Crippen molar-refractivity contribution in [1.29, 1.82) is 0 Å². The molecule has 0 fully saturated rings. The molecule has 0 spiro atoms. The molecule has 0 radical (unpaired) electrons. The zero-order valence-corrected chi connectivity index (χ0v) is 16.7.